The molecule has 440 valence electrons. The Morgan fingerprint density at radius 1 is 0.276 bits per heavy atom. The van der Waals surface area contributed by atoms with Crippen LogP contribution in [0.25, 0.3) is 0 Å². The molecule has 0 N–H and O–H groups in total. The van der Waals surface area contributed by atoms with Crippen molar-refractivity contribution in [2.24, 2.45) is 0 Å². The summed E-state index contributed by atoms with van der Waals surface area (Å²) < 4.78 is 16.9. The molecular weight excluding hydrogens is 937 g/mol. The predicted octanol–water partition coefficient (Wildman–Crippen LogP) is 22.5. The lowest BCUT2D eigenvalue weighted by atomic mass is 10.0. The molecule has 0 aliphatic carbocycles. The molecule has 0 bridgehead atoms. The molecule has 0 rings (SSSR count). The van der Waals surface area contributed by atoms with Gasteiger partial charge in [-0.3, -0.25) is 14.4 Å². The van der Waals surface area contributed by atoms with Gasteiger partial charge in [-0.05, 0) is 57.8 Å². The van der Waals surface area contributed by atoms with Crippen LogP contribution in [0, 0.1) is 0 Å². The van der Waals surface area contributed by atoms with E-state index in [9.17, 15) is 14.4 Å². The normalized spacial score (nSPS) is 12.5. The van der Waals surface area contributed by atoms with Gasteiger partial charge in [-0.1, -0.05) is 331 Å². The molecule has 0 saturated carbocycles. The number of ether oxygens (including phenoxy) is 3. The number of carbonyl (C=O) groups is 3. The summed E-state index contributed by atoms with van der Waals surface area (Å²) in [4.78, 5) is 38.3. The maximum Gasteiger partial charge on any atom is 0.306 e. The highest BCUT2D eigenvalue weighted by atomic mass is 16.6. The molecule has 0 aliphatic rings. The first-order valence-corrected chi connectivity index (χ1v) is 32.9. The number of allylic oxidation sites excluding steroid dienone is 12. The average molecular weight is 1060 g/mol. The fourth-order valence-electron chi connectivity index (χ4n) is 9.59. The number of hydrogen-bond acceptors (Lipinski definition) is 6. The van der Waals surface area contributed by atoms with Crippen LogP contribution in [-0.2, 0) is 28.6 Å². The van der Waals surface area contributed by atoms with E-state index in [1.165, 1.54) is 212 Å². The van der Waals surface area contributed by atoms with E-state index >= 15 is 0 Å². The number of rotatable bonds is 60. The van der Waals surface area contributed by atoms with E-state index in [0.717, 1.165) is 77.0 Å². The van der Waals surface area contributed by atoms with Gasteiger partial charge < -0.3 is 14.2 Å². The maximum atomic E-state index is 12.9. The Balaban J connectivity index is 4.35. The minimum atomic E-state index is -0.814. The summed E-state index contributed by atoms with van der Waals surface area (Å²) in [5, 5.41) is 0. The Kier molecular flexibility index (Phi) is 61.7. The van der Waals surface area contributed by atoms with Crippen molar-refractivity contribution < 1.29 is 28.6 Å². The fourth-order valence-corrected chi connectivity index (χ4v) is 9.59. The lowest BCUT2D eigenvalue weighted by molar-refractivity contribution is -0.166. The van der Waals surface area contributed by atoms with Gasteiger partial charge in [-0.15, -0.1) is 0 Å². The minimum Gasteiger partial charge on any atom is -0.462 e. The van der Waals surface area contributed by atoms with E-state index in [1.54, 1.807) is 0 Å². The van der Waals surface area contributed by atoms with Crippen molar-refractivity contribution in [3.8, 4) is 0 Å². The molecule has 0 aromatic rings. The molecule has 0 aliphatic heterocycles. The maximum absolute atomic E-state index is 12.9. The summed E-state index contributed by atoms with van der Waals surface area (Å²) >= 11 is 0. The molecule has 1 unspecified atom stereocenters. The third kappa shape index (κ3) is 61.7. The van der Waals surface area contributed by atoms with Crippen LogP contribution in [0.4, 0.5) is 0 Å². The highest BCUT2D eigenvalue weighted by Crippen LogP contribution is 2.18. The van der Waals surface area contributed by atoms with Crippen LogP contribution in [0.15, 0.2) is 72.9 Å². The molecule has 0 saturated heterocycles. The van der Waals surface area contributed by atoms with Crippen molar-refractivity contribution in [2.75, 3.05) is 13.2 Å². The van der Waals surface area contributed by atoms with Gasteiger partial charge in [0, 0.05) is 19.3 Å². The third-order valence-corrected chi connectivity index (χ3v) is 14.5. The van der Waals surface area contributed by atoms with Crippen LogP contribution in [0.3, 0.4) is 0 Å². The molecule has 0 radical (unpaired) electrons. The van der Waals surface area contributed by atoms with Crippen molar-refractivity contribution >= 4 is 17.9 Å². The topological polar surface area (TPSA) is 78.9 Å². The number of esters is 3. The molecule has 0 aromatic heterocycles. The quantitative estimate of drug-likeness (QED) is 0.0261. The summed E-state index contributed by atoms with van der Waals surface area (Å²) in [6, 6.07) is 0. The number of unbranched alkanes of at least 4 members (excludes halogenated alkanes) is 37. The van der Waals surface area contributed by atoms with Crippen molar-refractivity contribution in [1.29, 1.82) is 0 Å². The molecule has 0 aromatic carbocycles. The first-order valence-electron chi connectivity index (χ1n) is 32.9. The minimum absolute atomic E-state index is 0.101. The van der Waals surface area contributed by atoms with Gasteiger partial charge in [-0.2, -0.15) is 0 Å². The van der Waals surface area contributed by atoms with Crippen LogP contribution in [0.5, 0.6) is 0 Å². The SMILES string of the molecule is CC/C=C\C/C=C\C/C=C\C/C=C\C/C=C\C/C=C\CCC(=O)OC(COC(=O)CCCCCCCCCCCCCCCC)COC(=O)CCCCCCCCCCCCCCCCCCCCCCCCCCC. The molecule has 0 amide bonds. The Hall–Kier alpha value is -3.15. The molecule has 0 spiro atoms. The van der Waals surface area contributed by atoms with Gasteiger partial charge >= 0.3 is 17.9 Å². The van der Waals surface area contributed by atoms with E-state index in [-0.39, 0.29) is 37.5 Å². The standard InChI is InChI=1S/C70H124O6/c1-4-7-10-13-16-19-22-25-28-30-32-33-34-35-36-37-39-40-42-45-48-51-54-57-60-63-69(72)75-66-67(65-74-68(71)62-59-56-53-50-47-44-27-24-21-18-15-12-9-6-3)76-70(73)64-61-58-55-52-49-46-43-41-38-31-29-26-23-20-17-14-11-8-5-2/h8,11,17,20,26,29,38,41,46,49,55,58,67H,4-7,9-10,12-16,18-19,21-25,27-28,30-37,39-40,42-45,47-48,50-54,56-57,59-66H2,1-3H3/b11-8-,20-17-,29-26-,41-38-,49-46-,58-55-. The summed E-state index contributed by atoms with van der Waals surface area (Å²) in [7, 11) is 0. The summed E-state index contributed by atoms with van der Waals surface area (Å²) in [5.74, 6) is -0.967. The van der Waals surface area contributed by atoms with Crippen LogP contribution < -0.4 is 0 Å². The van der Waals surface area contributed by atoms with Crippen molar-refractivity contribution in [1.82, 2.24) is 0 Å². The second-order valence-electron chi connectivity index (χ2n) is 22.0. The van der Waals surface area contributed by atoms with Crippen molar-refractivity contribution in [3.63, 3.8) is 0 Å². The second kappa shape index (κ2) is 64.4. The van der Waals surface area contributed by atoms with Crippen LogP contribution in [-0.4, -0.2) is 37.2 Å². The van der Waals surface area contributed by atoms with Crippen LogP contribution in [0.2, 0.25) is 0 Å². The zero-order valence-electron chi connectivity index (χ0n) is 50.5. The summed E-state index contributed by atoms with van der Waals surface area (Å²) in [5.41, 5.74) is 0. The van der Waals surface area contributed by atoms with Crippen LogP contribution >= 0.6 is 0 Å². The highest BCUT2D eigenvalue weighted by Gasteiger charge is 2.19. The van der Waals surface area contributed by atoms with Crippen LogP contribution in [0.1, 0.15) is 335 Å². The smallest absolute Gasteiger partial charge is 0.306 e. The van der Waals surface area contributed by atoms with Gasteiger partial charge in [0.05, 0.1) is 0 Å². The van der Waals surface area contributed by atoms with E-state index in [2.05, 4.69) is 87.6 Å². The van der Waals surface area contributed by atoms with Gasteiger partial charge in [0.15, 0.2) is 6.10 Å². The van der Waals surface area contributed by atoms with Gasteiger partial charge in [-0.25, -0.2) is 0 Å². The van der Waals surface area contributed by atoms with Gasteiger partial charge in [0.1, 0.15) is 13.2 Å². The highest BCUT2D eigenvalue weighted by molar-refractivity contribution is 5.71. The predicted molar refractivity (Wildman–Crippen MR) is 330 cm³/mol. The molecule has 6 nitrogen and oxygen atoms in total. The molecule has 76 heavy (non-hydrogen) atoms. The lowest BCUT2D eigenvalue weighted by Crippen LogP contribution is -2.30. The molecule has 0 fully saturated rings. The van der Waals surface area contributed by atoms with Gasteiger partial charge in [0.2, 0.25) is 0 Å². The Morgan fingerprint density at radius 3 is 0.776 bits per heavy atom. The molecular formula is C70H124O6. The van der Waals surface area contributed by atoms with E-state index in [0.29, 0.717) is 19.3 Å². The first-order chi connectivity index (χ1) is 37.5. The van der Waals surface area contributed by atoms with E-state index in [4.69, 9.17) is 14.2 Å². The van der Waals surface area contributed by atoms with E-state index in [1.807, 2.05) is 6.08 Å². The fraction of sp³-hybridized carbons (Fsp3) is 0.786. The second-order valence-corrected chi connectivity index (χ2v) is 22.0. The zero-order chi connectivity index (χ0) is 55.0. The molecule has 0 heterocycles. The molecule has 1 atom stereocenters. The van der Waals surface area contributed by atoms with Crippen molar-refractivity contribution in [3.05, 3.63) is 72.9 Å². The summed E-state index contributed by atoms with van der Waals surface area (Å²) in [6.07, 6.45) is 83.6. The molecule has 6 heteroatoms. The van der Waals surface area contributed by atoms with Gasteiger partial charge in [0.25, 0.3) is 0 Å². The third-order valence-electron chi connectivity index (χ3n) is 14.5. The monoisotopic (exact) mass is 1060 g/mol. The first kappa shape index (κ1) is 72.8. The Bertz CT molecular complexity index is 1400. The lowest BCUT2D eigenvalue weighted by Gasteiger charge is -2.18. The van der Waals surface area contributed by atoms with E-state index < -0.39 is 6.10 Å². The number of carbonyl (C=O) groups excluding carboxylic acids is 3. The zero-order valence-corrected chi connectivity index (χ0v) is 50.5. The van der Waals surface area contributed by atoms with Crippen molar-refractivity contribution in [2.45, 2.75) is 341 Å². The Morgan fingerprint density at radius 2 is 0.513 bits per heavy atom. The number of hydrogen-bond donors (Lipinski definition) is 0. The Labute approximate surface area is 472 Å². The largest absolute Gasteiger partial charge is 0.462 e. The average Bonchev–Trinajstić information content (AvgIpc) is 3.42. The summed E-state index contributed by atoms with van der Waals surface area (Å²) in [6.45, 7) is 6.52.